The molecule has 3 rings (SSSR count). The molecule has 0 unspecified atom stereocenters. The smallest absolute Gasteiger partial charge is 0.264 e. The monoisotopic (exact) mass is 575 g/mol. The molecule has 0 saturated carbocycles. The number of nitrogens with one attached hydrogen (secondary N) is 1. The summed E-state index contributed by atoms with van der Waals surface area (Å²) in [4.78, 5) is 28.3. The molecule has 0 spiro atoms. The minimum atomic E-state index is -4.15. The number of amides is 2. The Labute approximate surface area is 234 Å². The summed E-state index contributed by atoms with van der Waals surface area (Å²) in [6.07, 6.45) is 0. The maximum absolute atomic E-state index is 13.9. The van der Waals surface area contributed by atoms with Gasteiger partial charge in [-0.3, -0.25) is 13.9 Å². The Bertz CT molecular complexity index is 1390. The zero-order chi connectivity index (χ0) is 28.1. The number of carbonyl (C=O) groups excluding carboxylic acids is 2. The molecule has 0 aliphatic heterocycles. The van der Waals surface area contributed by atoms with E-state index in [1.807, 2.05) is 20.8 Å². The normalized spacial score (nSPS) is 12.5. The summed E-state index contributed by atoms with van der Waals surface area (Å²) in [6, 6.07) is 20.1. The van der Waals surface area contributed by atoms with E-state index >= 15 is 0 Å². The van der Waals surface area contributed by atoms with Crippen LogP contribution in [0.5, 0.6) is 0 Å². The molecule has 7 nitrogen and oxygen atoms in total. The molecule has 0 bridgehead atoms. The van der Waals surface area contributed by atoms with E-state index in [-0.39, 0.29) is 23.0 Å². The summed E-state index contributed by atoms with van der Waals surface area (Å²) in [5.74, 6) is -0.936. The van der Waals surface area contributed by atoms with Gasteiger partial charge in [-0.1, -0.05) is 59.6 Å². The molecule has 0 aromatic heterocycles. The van der Waals surface area contributed by atoms with Crippen molar-refractivity contribution < 1.29 is 18.0 Å². The van der Waals surface area contributed by atoms with Gasteiger partial charge in [0.2, 0.25) is 11.8 Å². The van der Waals surface area contributed by atoms with Gasteiger partial charge < -0.3 is 10.2 Å². The Hall–Kier alpha value is -3.07. The highest BCUT2D eigenvalue weighted by molar-refractivity contribution is 7.92. The summed E-state index contributed by atoms with van der Waals surface area (Å²) in [5, 5.41) is 3.69. The van der Waals surface area contributed by atoms with Gasteiger partial charge in [0.1, 0.15) is 12.6 Å². The van der Waals surface area contributed by atoms with E-state index in [1.54, 1.807) is 67.6 Å². The number of anilines is 1. The third-order valence-electron chi connectivity index (χ3n) is 5.61. The van der Waals surface area contributed by atoms with Crippen LogP contribution in [0.15, 0.2) is 83.8 Å². The number of rotatable bonds is 9. The minimum absolute atomic E-state index is 0.0210. The van der Waals surface area contributed by atoms with Crippen molar-refractivity contribution in [2.24, 2.45) is 0 Å². The Kier molecular flexibility index (Phi) is 9.46. The maximum atomic E-state index is 13.9. The van der Waals surface area contributed by atoms with Crippen molar-refractivity contribution in [2.75, 3.05) is 10.8 Å². The van der Waals surface area contributed by atoms with Crippen LogP contribution < -0.4 is 9.62 Å². The number of halogens is 2. The average Bonchev–Trinajstić information content (AvgIpc) is 2.84. The molecule has 2 amide bonds. The van der Waals surface area contributed by atoms with Crippen LogP contribution in [0, 0.1) is 0 Å². The molecular weight excluding hydrogens is 545 g/mol. The van der Waals surface area contributed by atoms with E-state index in [0.29, 0.717) is 15.6 Å². The second kappa shape index (κ2) is 12.2. The second-order valence-electron chi connectivity index (χ2n) is 9.87. The van der Waals surface area contributed by atoms with Gasteiger partial charge in [0.25, 0.3) is 10.0 Å². The van der Waals surface area contributed by atoms with Crippen molar-refractivity contribution in [1.82, 2.24) is 10.2 Å². The fraction of sp³-hybridized carbons (Fsp3) is 0.286. The lowest BCUT2D eigenvalue weighted by Gasteiger charge is -2.33. The molecule has 1 atom stereocenters. The second-order valence-corrected chi connectivity index (χ2v) is 12.6. The van der Waals surface area contributed by atoms with Crippen molar-refractivity contribution in [3.05, 3.63) is 94.5 Å². The van der Waals surface area contributed by atoms with E-state index in [0.717, 1.165) is 4.31 Å². The number of sulfonamides is 1. The van der Waals surface area contributed by atoms with Crippen LogP contribution in [0.25, 0.3) is 0 Å². The van der Waals surface area contributed by atoms with Crippen LogP contribution in [0.1, 0.15) is 33.3 Å². The highest BCUT2D eigenvalue weighted by Gasteiger charge is 2.33. The van der Waals surface area contributed by atoms with Gasteiger partial charge in [-0.15, -0.1) is 0 Å². The highest BCUT2D eigenvalue weighted by Crippen LogP contribution is 2.27. The Morgan fingerprint density at radius 3 is 2.08 bits per heavy atom. The molecule has 3 aromatic rings. The molecule has 0 heterocycles. The van der Waals surface area contributed by atoms with Gasteiger partial charge in [0.05, 0.1) is 10.6 Å². The van der Waals surface area contributed by atoms with Crippen LogP contribution >= 0.6 is 23.2 Å². The maximum Gasteiger partial charge on any atom is 0.264 e. The van der Waals surface area contributed by atoms with Gasteiger partial charge in [0.15, 0.2) is 0 Å². The van der Waals surface area contributed by atoms with E-state index in [4.69, 9.17) is 23.2 Å². The van der Waals surface area contributed by atoms with Crippen LogP contribution in [0.4, 0.5) is 5.69 Å². The zero-order valence-corrected chi connectivity index (χ0v) is 24.0. The van der Waals surface area contributed by atoms with Crippen molar-refractivity contribution in [3.8, 4) is 0 Å². The van der Waals surface area contributed by atoms with Crippen molar-refractivity contribution in [2.45, 2.75) is 50.7 Å². The predicted molar refractivity (Wildman–Crippen MR) is 152 cm³/mol. The lowest BCUT2D eigenvalue weighted by atomic mass is 10.1. The number of nitrogens with zero attached hydrogens (tertiary/aromatic N) is 2. The molecule has 1 N–H and O–H groups in total. The van der Waals surface area contributed by atoms with Gasteiger partial charge in [-0.2, -0.15) is 0 Å². The first kappa shape index (κ1) is 29.5. The fourth-order valence-electron chi connectivity index (χ4n) is 3.77. The molecule has 0 aliphatic rings. The summed E-state index contributed by atoms with van der Waals surface area (Å²) in [5.41, 5.74) is 0.394. The number of benzene rings is 3. The standard InChI is InChI=1S/C28H31Cl2N3O4S/c1-20(27(35)31-28(2,3)4)32(18-21-10-8-11-22(29)16-21)26(34)19-33(24-13-9-12-23(30)17-24)38(36,37)25-14-6-5-7-15-25/h5-17,20H,18-19H2,1-4H3,(H,31,35)/t20-/m0/s1. The van der Waals surface area contributed by atoms with E-state index in [9.17, 15) is 18.0 Å². The van der Waals surface area contributed by atoms with Crippen molar-refractivity contribution in [3.63, 3.8) is 0 Å². The third kappa shape index (κ3) is 7.72. The SMILES string of the molecule is C[C@@H](C(=O)NC(C)(C)C)N(Cc1cccc(Cl)c1)C(=O)CN(c1cccc(Cl)c1)S(=O)(=O)c1ccccc1. The van der Waals surface area contributed by atoms with Gasteiger partial charge in [-0.05, 0) is 75.7 Å². The van der Waals surface area contributed by atoms with E-state index < -0.39 is 34.1 Å². The van der Waals surface area contributed by atoms with Gasteiger partial charge >= 0.3 is 0 Å². The Morgan fingerprint density at radius 1 is 0.895 bits per heavy atom. The van der Waals surface area contributed by atoms with Gasteiger partial charge in [0, 0.05) is 22.1 Å². The molecular formula is C28H31Cl2N3O4S. The van der Waals surface area contributed by atoms with Crippen molar-refractivity contribution >= 4 is 50.7 Å². The number of hydrogen-bond acceptors (Lipinski definition) is 4. The summed E-state index contributed by atoms with van der Waals surface area (Å²) >= 11 is 12.3. The van der Waals surface area contributed by atoms with E-state index in [2.05, 4.69) is 5.32 Å². The first-order valence-electron chi connectivity index (χ1n) is 12.0. The first-order chi connectivity index (χ1) is 17.8. The van der Waals surface area contributed by atoms with Crippen LogP contribution in [0.2, 0.25) is 10.0 Å². The zero-order valence-electron chi connectivity index (χ0n) is 21.7. The largest absolute Gasteiger partial charge is 0.350 e. The summed E-state index contributed by atoms with van der Waals surface area (Å²) in [6.45, 7) is 6.63. The Morgan fingerprint density at radius 2 is 1.50 bits per heavy atom. The minimum Gasteiger partial charge on any atom is -0.350 e. The molecule has 0 saturated heterocycles. The average molecular weight is 577 g/mol. The van der Waals surface area contributed by atoms with Crippen molar-refractivity contribution in [1.29, 1.82) is 0 Å². The molecule has 10 heteroatoms. The molecule has 0 fully saturated rings. The molecule has 0 radical (unpaired) electrons. The van der Waals surface area contributed by atoms with Crippen LogP contribution in [-0.2, 0) is 26.2 Å². The topological polar surface area (TPSA) is 86.8 Å². The fourth-order valence-corrected chi connectivity index (χ4v) is 5.59. The van der Waals surface area contributed by atoms with Gasteiger partial charge in [-0.25, -0.2) is 8.42 Å². The molecule has 3 aromatic carbocycles. The third-order valence-corrected chi connectivity index (χ3v) is 7.87. The molecule has 38 heavy (non-hydrogen) atoms. The first-order valence-corrected chi connectivity index (χ1v) is 14.2. The number of carbonyl (C=O) groups is 2. The quantitative estimate of drug-likeness (QED) is 0.364. The molecule has 0 aliphatic carbocycles. The van der Waals surface area contributed by atoms with Crippen LogP contribution in [0.3, 0.4) is 0 Å². The van der Waals surface area contributed by atoms with E-state index in [1.165, 1.54) is 23.1 Å². The highest BCUT2D eigenvalue weighted by atomic mass is 35.5. The summed E-state index contributed by atoms with van der Waals surface area (Å²) < 4.78 is 28.4. The Balaban J connectivity index is 2.03. The summed E-state index contributed by atoms with van der Waals surface area (Å²) in [7, 11) is -4.15. The lowest BCUT2D eigenvalue weighted by Crippen LogP contribution is -2.54. The van der Waals surface area contributed by atoms with Crippen LogP contribution in [-0.4, -0.2) is 43.3 Å². The molecule has 202 valence electrons. The lowest BCUT2D eigenvalue weighted by molar-refractivity contribution is -0.140. The predicted octanol–water partition coefficient (Wildman–Crippen LogP) is 5.52. The number of hydrogen-bond donors (Lipinski definition) is 1.